The number of rotatable bonds is 3. The minimum Gasteiger partial charge on any atom is -0.481 e. The zero-order chi connectivity index (χ0) is 14.3. The molecule has 0 spiro atoms. The first-order valence-corrected chi connectivity index (χ1v) is 7.77. The zero-order valence-electron chi connectivity index (χ0n) is 12.1. The summed E-state index contributed by atoms with van der Waals surface area (Å²) in [6.45, 7) is 1.79. The molecule has 5 heteroatoms. The van der Waals surface area contributed by atoms with Gasteiger partial charge in [-0.25, -0.2) is 4.79 Å². The quantitative estimate of drug-likeness (QED) is 0.858. The van der Waals surface area contributed by atoms with Gasteiger partial charge in [-0.1, -0.05) is 6.42 Å². The average Bonchev–Trinajstić information content (AvgIpc) is 3.13. The van der Waals surface area contributed by atoms with Crippen LogP contribution < -0.4 is 0 Å². The highest BCUT2D eigenvalue weighted by Gasteiger charge is 2.41. The number of carboxylic acid groups (broad SMARTS) is 1. The number of hydrogen-bond acceptors (Lipinski definition) is 2. The van der Waals surface area contributed by atoms with Gasteiger partial charge in [0, 0.05) is 26.7 Å². The lowest BCUT2D eigenvalue weighted by atomic mass is 9.88. The Balaban J connectivity index is 1.51. The van der Waals surface area contributed by atoms with Crippen LogP contribution in [-0.4, -0.2) is 53.6 Å². The predicted molar refractivity (Wildman–Crippen MR) is 74.3 cm³/mol. The average molecular weight is 280 g/mol. The van der Waals surface area contributed by atoms with Gasteiger partial charge in [0.2, 0.25) is 0 Å². The number of carbonyl (C=O) groups excluding carboxylic acids is 1. The Morgan fingerprint density at radius 1 is 1.25 bits per heavy atom. The SMILES string of the molecule is CN(CC1CC2CCC1C2)C(=O)N1CCC(C(=O)O)C1. The highest BCUT2D eigenvalue weighted by atomic mass is 16.4. The molecule has 0 aromatic carbocycles. The molecule has 2 aliphatic carbocycles. The van der Waals surface area contributed by atoms with E-state index in [-0.39, 0.29) is 11.9 Å². The van der Waals surface area contributed by atoms with Crippen LogP contribution in [0.3, 0.4) is 0 Å². The second-order valence-electron chi connectivity index (χ2n) is 6.87. The Bertz CT molecular complexity index is 412. The van der Waals surface area contributed by atoms with E-state index in [1.807, 2.05) is 11.9 Å². The van der Waals surface area contributed by atoms with Gasteiger partial charge in [0.05, 0.1) is 5.92 Å². The number of likely N-dealkylation sites (tertiary alicyclic amines) is 1. The van der Waals surface area contributed by atoms with Crippen molar-refractivity contribution in [3.63, 3.8) is 0 Å². The first kappa shape index (κ1) is 13.7. The Hall–Kier alpha value is -1.26. The molecule has 20 heavy (non-hydrogen) atoms. The van der Waals surface area contributed by atoms with Crippen LogP contribution in [0.1, 0.15) is 32.1 Å². The maximum atomic E-state index is 12.4. The molecule has 3 rings (SSSR count). The molecule has 0 aromatic rings. The molecule has 0 aromatic heterocycles. The van der Waals surface area contributed by atoms with Crippen LogP contribution in [0.25, 0.3) is 0 Å². The third kappa shape index (κ3) is 2.50. The second kappa shape index (κ2) is 5.26. The molecule has 1 heterocycles. The van der Waals surface area contributed by atoms with Gasteiger partial charge in [-0.3, -0.25) is 4.79 Å². The molecule has 4 atom stereocenters. The maximum absolute atomic E-state index is 12.4. The zero-order valence-corrected chi connectivity index (χ0v) is 12.1. The topological polar surface area (TPSA) is 60.9 Å². The number of hydrogen-bond donors (Lipinski definition) is 1. The molecular formula is C15H24N2O3. The van der Waals surface area contributed by atoms with Crippen molar-refractivity contribution in [3.8, 4) is 0 Å². The molecule has 112 valence electrons. The van der Waals surface area contributed by atoms with Crippen LogP contribution in [0.15, 0.2) is 0 Å². The van der Waals surface area contributed by atoms with E-state index < -0.39 is 5.97 Å². The lowest BCUT2D eigenvalue weighted by molar-refractivity contribution is -0.141. The number of aliphatic carboxylic acids is 1. The number of fused-ring (bicyclic) bond motifs is 2. The lowest BCUT2D eigenvalue weighted by Gasteiger charge is -2.30. The monoisotopic (exact) mass is 280 g/mol. The summed E-state index contributed by atoms with van der Waals surface area (Å²) in [6.07, 6.45) is 5.94. The van der Waals surface area contributed by atoms with Crippen LogP contribution in [0.4, 0.5) is 4.79 Å². The van der Waals surface area contributed by atoms with Crippen molar-refractivity contribution in [1.29, 1.82) is 0 Å². The van der Waals surface area contributed by atoms with Crippen molar-refractivity contribution in [1.82, 2.24) is 9.80 Å². The Morgan fingerprint density at radius 2 is 2.05 bits per heavy atom. The van der Waals surface area contributed by atoms with E-state index >= 15 is 0 Å². The normalized spacial score (nSPS) is 35.5. The Kier molecular flexibility index (Phi) is 3.61. The first-order chi connectivity index (χ1) is 9.54. The lowest BCUT2D eigenvalue weighted by Crippen LogP contribution is -2.43. The van der Waals surface area contributed by atoms with Gasteiger partial charge in [0.1, 0.15) is 0 Å². The molecule has 2 amide bonds. The molecule has 1 N–H and O–H groups in total. The van der Waals surface area contributed by atoms with E-state index in [0.29, 0.717) is 25.4 Å². The van der Waals surface area contributed by atoms with Crippen molar-refractivity contribution in [2.45, 2.75) is 32.1 Å². The van der Waals surface area contributed by atoms with Gasteiger partial charge >= 0.3 is 12.0 Å². The number of carbonyl (C=O) groups is 2. The van der Waals surface area contributed by atoms with Crippen LogP contribution in [-0.2, 0) is 4.79 Å². The third-order valence-electron chi connectivity index (χ3n) is 5.53. The Morgan fingerprint density at radius 3 is 2.60 bits per heavy atom. The highest BCUT2D eigenvalue weighted by Crippen LogP contribution is 2.48. The molecule has 2 bridgehead atoms. The van der Waals surface area contributed by atoms with Crippen molar-refractivity contribution < 1.29 is 14.7 Å². The third-order valence-corrected chi connectivity index (χ3v) is 5.53. The summed E-state index contributed by atoms with van der Waals surface area (Å²) in [5, 5.41) is 9.00. The minimum atomic E-state index is -0.781. The Labute approximate surface area is 119 Å². The second-order valence-corrected chi connectivity index (χ2v) is 6.87. The fourth-order valence-electron chi connectivity index (χ4n) is 4.41. The minimum absolute atomic E-state index is 0.0107. The van der Waals surface area contributed by atoms with E-state index in [0.717, 1.165) is 18.4 Å². The largest absolute Gasteiger partial charge is 0.481 e. The summed E-state index contributed by atoms with van der Waals surface area (Å²) in [7, 11) is 1.86. The van der Waals surface area contributed by atoms with Crippen LogP contribution in [0, 0.1) is 23.7 Å². The predicted octanol–water partition coefficient (Wildman–Crippen LogP) is 1.88. The summed E-state index contributed by atoms with van der Waals surface area (Å²) in [6, 6.07) is 0.0107. The molecule has 3 aliphatic rings. The fraction of sp³-hybridized carbons (Fsp3) is 0.867. The van der Waals surface area contributed by atoms with Crippen molar-refractivity contribution >= 4 is 12.0 Å². The number of carboxylic acids is 1. The molecule has 2 saturated carbocycles. The van der Waals surface area contributed by atoms with Gasteiger partial charge < -0.3 is 14.9 Å². The summed E-state index contributed by atoms with van der Waals surface area (Å²) in [5.74, 6) is 1.23. The molecule has 5 nitrogen and oxygen atoms in total. The van der Waals surface area contributed by atoms with Crippen LogP contribution in [0.5, 0.6) is 0 Å². The van der Waals surface area contributed by atoms with E-state index in [9.17, 15) is 9.59 Å². The van der Waals surface area contributed by atoms with E-state index in [1.165, 1.54) is 25.7 Å². The van der Waals surface area contributed by atoms with Gasteiger partial charge in [-0.15, -0.1) is 0 Å². The molecular weight excluding hydrogens is 256 g/mol. The van der Waals surface area contributed by atoms with Crippen LogP contribution >= 0.6 is 0 Å². The van der Waals surface area contributed by atoms with E-state index in [4.69, 9.17) is 5.11 Å². The van der Waals surface area contributed by atoms with Gasteiger partial charge in [-0.2, -0.15) is 0 Å². The molecule has 1 aliphatic heterocycles. The van der Waals surface area contributed by atoms with Gasteiger partial charge in [-0.05, 0) is 43.4 Å². The maximum Gasteiger partial charge on any atom is 0.319 e. The van der Waals surface area contributed by atoms with Gasteiger partial charge in [0.15, 0.2) is 0 Å². The summed E-state index contributed by atoms with van der Waals surface area (Å²) >= 11 is 0. The highest BCUT2D eigenvalue weighted by molar-refractivity contribution is 5.77. The molecule has 3 fully saturated rings. The van der Waals surface area contributed by atoms with Crippen molar-refractivity contribution in [3.05, 3.63) is 0 Å². The first-order valence-electron chi connectivity index (χ1n) is 7.77. The van der Waals surface area contributed by atoms with Gasteiger partial charge in [0.25, 0.3) is 0 Å². The number of amides is 2. The number of urea groups is 1. The summed E-state index contributed by atoms with van der Waals surface area (Å²) in [5.41, 5.74) is 0. The fourth-order valence-corrected chi connectivity index (χ4v) is 4.41. The molecule has 4 unspecified atom stereocenters. The van der Waals surface area contributed by atoms with E-state index in [1.54, 1.807) is 4.90 Å². The molecule has 1 saturated heterocycles. The summed E-state index contributed by atoms with van der Waals surface area (Å²) in [4.78, 5) is 26.8. The van der Waals surface area contributed by atoms with Crippen molar-refractivity contribution in [2.24, 2.45) is 23.7 Å². The van der Waals surface area contributed by atoms with Crippen LogP contribution in [0.2, 0.25) is 0 Å². The number of nitrogens with zero attached hydrogens (tertiary/aromatic N) is 2. The van der Waals surface area contributed by atoms with E-state index in [2.05, 4.69) is 0 Å². The standard InChI is InChI=1S/C15H24N2O3/c1-16(8-13-7-10-2-3-11(13)6-10)15(20)17-5-4-12(9-17)14(18)19/h10-13H,2-9H2,1H3,(H,18,19). The van der Waals surface area contributed by atoms with Crippen molar-refractivity contribution in [2.75, 3.05) is 26.7 Å². The molecule has 0 radical (unpaired) electrons. The smallest absolute Gasteiger partial charge is 0.319 e. The summed E-state index contributed by atoms with van der Waals surface area (Å²) < 4.78 is 0.